The molecule has 1 aromatic heterocycles. The van der Waals surface area contributed by atoms with E-state index < -0.39 is 17.6 Å². The number of aromatic nitrogens is 2. The number of rotatable bonds is 6. The topological polar surface area (TPSA) is 59.0 Å². The van der Waals surface area contributed by atoms with Crippen molar-refractivity contribution in [2.24, 2.45) is 0 Å². The summed E-state index contributed by atoms with van der Waals surface area (Å²) in [6.45, 7) is 6.42. The van der Waals surface area contributed by atoms with E-state index in [1.165, 1.54) is 28.7 Å². The van der Waals surface area contributed by atoms with E-state index in [1.54, 1.807) is 6.07 Å². The fraction of sp³-hybridized carbons (Fsp3) is 0.565. The maximum absolute atomic E-state index is 12.7. The van der Waals surface area contributed by atoms with Crippen molar-refractivity contribution in [2.45, 2.75) is 82.6 Å². The van der Waals surface area contributed by atoms with Crippen LogP contribution >= 0.6 is 12.4 Å². The van der Waals surface area contributed by atoms with Gasteiger partial charge in [0.15, 0.2) is 0 Å². The lowest BCUT2D eigenvalue weighted by Crippen LogP contribution is -2.33. The number of nitrogens with one attached hydrogen (secondary N) is 2. The van der Waals surface area contributed by atoms with Gasteiger partial charge < -0.3 is 10.6 Å². The van der Waals surface area contributed by atoms with Crippen molar-refractivity contribution in [3.63, 3.8) is 0 Å². The summed E-state index contributed by atoms with van der Waals surface area (Å²) in [6, 6.07) is 10.9. The van der Waals surface area contributed by atoms with Crippen molar-refractivity contribution in [3.05, 3.63) is 47.2 Å². The van der Waals surface area contributed by atoms with Gasteiger partial charge in [-0.05, 0) is 63.5 Å². The van der Waals surface area contributed by atoms with Crippen LogP contribution in [-0.4, -0.2) is 27.9 Å². The van der Waals surface area contributed by atoms with Crippen LogP contribution in [0.3, 0.4) is 0 Å². The maximum Gasteiger partial charge on any atom is 0.471 e. The van der Waals surface area contributed by atoms with E-state index in [4.69, 9.17) is 0 Å². The van der Waals surface area contributed by atoms with Gasteiger partial charge in [-0.15, -0.1) is 12.4 Å². The average Bonchev–Trinajstić information content (AvgIpc) is 3.37. The molecule has 0 aliphatic heterocycles. The lowest BCUT2D eigenvalue weighted by molar-refractivity contribution is -0.167. The smallest absolute Gasteiger partial charge is 0.310 e. The second kappa shape index (κ2) is 9.06. The van der Waals surface area contributed by atoms with Gasteiger partial charge in [-0.1, -0.05) is 24.3 Å². The highest BCUT2D eigenvalue weighted by Crippen LogP contribution is 2.48. The van der Waals surface area contributed by atoms with Crippen molar-refractivity contribution in [3.8, 4) is 0 Å². The SMILES string of the molecule is CC(C)(C)n1nc(C2CC(c3cccc(CNC4CC4)c3)C2)cc1NC(=O)C(F)(F)F.Cl. The molecular formula is C23H30ClF3N4O. The molecule has 1 amide bonds. The first-order chi connectivity index (χ1) is 14.5. The molecular weight excluding hydrogens is 441 g/mol. The fourth-order valence-electron chi connectivity index (χ4n) is 4.02. The molecule has 1 heterocycles. The molecule has 2 saturated carbocycles. The molecule has 1 aromatic carbocycles. The van der Waals surface area contributed by atoms with E-state index in [9.17, 15) is 18.0 Å². The summed E-state index contributed by atoms with van der Waals surface area (Å²) < 4.78 is 39.7. The number of amides is 1. The summed E-state index contributed by atoms with van der Waals surface area (Å²) in [5.41, 5.74) is 2.75. The Kier molecular flexibility index (Phi) is 6.96. The molecule has 9 heteroatoms. The van der Waals surface area contributed by atoms with Crippen molar-refractivity contribution in [2.75, 3.05) is 5.32 Å². The van der Waals surface area contributed by atoms with Crippen LogP contribution in [0.25, 0.3) is 0 Å². The van der Waals surface area contributed by atoms with Gasteiger partial charge >= 0.3 is 12.1 Å². The number of carbonyl (C=O) groups excluding carboxylic acids is 1. The Bertz CT molecular complexity index is 957. The third kappa shape index (κ3) is 5.64. The number of hydrogen-bond acceptors (Lipinski definition) is 3. The first-order valence-electron chi connectivity index (χ1n) is 10.8. The first kappa shape index (κ1) is 24.6. The van der Waals surface area contributed by atoms with Gasteiger partial charge in [0.05, 0.1) is 11.2 Å². The summed E-state index contributed by atoms with van der Waals surface area (Å²) in [4.78, 5) is 11.5. The monoisotopic (exact) mass is 470 g/mol. The van der Waals surface area contributed by atoms with Gasteiger partial charge in [-0.25, -0.2) is 4.68 Å². The predicted molar refractivity (Wildman–Crippen MR) is 120 cm³/mol. The zero-order valence-electron chi connectivity index (χ0n) is 18.5. The van der Waals surface area contributed by atoms with Crippen molar-refractivity contribution >= 4 is 24.1 Å². The number of alkyl halides is 3. The van der Waals surface area contributed by atoms with E-state index in [0.29, 0.717) is 12.0 Å². The molecule has 0 radical (unpaired) electrons. The lowest BCUT2D eigenvalue weighted by atomic mass is 9.70. The molecule has 176 valence electrons. The number of hydrogen-bond donors (Lipinski definition) is 2. The second-order valence-corrected chi connectivity index (χ2v) is 9.75. The largest absolute Gasteiger partial charge is 0.471 e. The average molecular weight is 471 g/mol. The highest BCUT2D eigenvalue weighted by molar-refractivity contribution is 5.94. The quantitative estimate of drug-likeness (QED) is 0.588. The summed E-state index contributed by atoms with van der Waals surface area (Å²) in [5.74, 6) is -1.31. The Morgan fingerprint density at radius 2 is 1.81 bits per heavy atom. The lowest BCUT2D eigenvalue weighted by Gasteiger charge is -2.35. The van der Waals surface area contributed by atoms with Gasteiger partial charge in [0, 0.05) is 24.6 Å². The molecule has 4 rings (SSSR count). The van der Waals surface area contributed by atoms with Crippen LogP contribution in [0.5, 0.6) is 0 Å². The molecule has 0 spiro atoms. The Hall–Kier alpha value is -2.06. The molecule has 2 fully saturated rings. The van der Waals surface area contributed by atoms with Crippen molar-refractivity contribution < 1.29 is 18.0 Å². The third-order valence-electron chi connectivity index (χ3n) is 6.01. The summed E-state index contributed by atoms with van der Waals surface area (Å²) in [5, 5.41) is 10.1. The highest BCUT2D eigenvalue weighted by Gasteiger charge is 2.40. The predicted octanol–water partition coefficient (Wildman–Crippen LogP) is 5.47. The summed E-state index contributed by atoms with van der Waals surface area (Å²) >= 11 is 0. The first-order valence-corrected chi connectivity index (χ1v) is 10.8. The highest BCUT2D eigenvalue weighted by atomic mass is 35.5. The third-order valence-corrected chi connectivity index (χ3v) is 6.01. The molecule has 0 bridgehead atoms. The zero-order chi connectivity index (χ0) is 22.4. The minimum Gasteiger partial charge on any atom is -0.310 e. The number of halogens is 4. The summed E-state index contributed by atoms with van der Waals surface area (Å²) in [6.07, 6.45) is -0.623. The van der Waals surface area contributed by atoms with Crippen LogP contribution in [0, 0.1) is 0 Å². The number of anilines is 1. The molecule has 0 saturated heterocycles. The van der Waals surface area contributed by atoms with Crippen LogP contribution in [0.15, 0.2) is 30.3 Å². The number of nitrogens with zero attached hydrogens (tertiary/aromatic N) is 2. The van der Waals surface area contributed by atoms with E-state index in [1.807, 2.05) is 26.1 Å². The molecule has 32 heavy (non-hydrogen) atoms. The molecule has 2 N–H and O–H groups in total. The van der Waals surface area contributed by atoms with Crippen LogP contribution in [0.2, 0.25) is 0 Å². The van der Waals surface area contributed by atoms with Crippen molar-refractivity contribution in [1.82, 2.24) is 15.1 Å². The standard InChI is InChI=1S/C23H29F3N4O.ClH/c1-22(2,3)30-20(28-21(31)23(24,25)26)12-19(29-30)17-10-16(11-17)15-6-4-5-14(9-15)13-27-18-7-8-18;/h4-6,9,12,16-18,27H,7-8,10-11,13H2,1-3H3,(H,28,31);1H. The molecule has 2 aromatic rings. The summed E-state index contributed by atoms with van der Waals surface area (Å²) in [7, 11) is 0. The molecule has 0 unspecified atom stereocenters. The van der Waals surface area contributed by atoms with Gasteiger partial charge in [0.2, 0.25) is 0 Å². The van der Waals surface area contributed by atoms with E-state index in [0.717, 1.165) is 25.1 Å². The van der Waals surface area contributed by atoms with Gasteiger partial charge in [0.25, 0.3) is 0 Å². The number of benzene rings is 1. The van der Waals surface area contributed by atoms with Gasteiger partial charge in [0.1, 0.15) is 5.82 Å². The second-order valence-electron chi connectivity index (χ2n) is 9.75. The molecule has 5 nitrogen and oxygen atoms in total. The normalized spacial score (nSPS) is 20.9. The van der Waals surface area contributed by atoms with E-state index in [-0.39, 0.29) is 24.1 Å². The van der Waals surface area contributed by atoms with Crippen LogP contribution in [0.1, 0.15) is 75.1 Å². The van der Waals surface area contributed by atoms with E-state index in [2.05, 4.69) is 34.7 Å². The van der Waals surface area contributed by atoms with Gasteiger partial charge in [-0.3, -0.25) is 4.79 Å². The Morgan fingerprint density at radius 1 is 1.12 bits per heavy atom. The minimum atomic E-state index is -4.94. The van der Waals surface area contributed by atoms with Crippen LogP contribution < -0.4 is 10.6 Å². The Balaban J connectivity index is 0.00000289. The van der Waals surface area contributed by atoms with Crippen LogP contribution in [0.4, 0.5) is 19.0 Å². The van der Waals surface area contributed by atoms with Crippen molar-refractivity contribution in [1.29, 1.82) is 0 Å². The molecule has 2 aliphatic carbocycles. The van der Waals surface area contributed by atoms with Crippen LogP contribution in [-0.2, 0) is 16.9 Å². The minimum absolute atomic E-state index is 0. The molecule has 0 atom stereocenters. The molecule has 2 aliphatic rings. The maximum atomic E-state index is 12.7. The van der Waals surface area contributed by atoms with Gasteiger partial charge in [-0.2, -0.15) is 18.3 Å². The zero-order valence-corrected chi connectivity index (χ0v) is 19.3. The Labute approximate surface area is 192 Å². The fourth-order valence-corrected chi connectivity index (χ4v) is 4.02. The Morgan fingerprint density at radius 3 is 2.41 bits per heavy atom. The van der Waals surface area contributed by atoms with E-state index >= 15 is 0 Å². The number of carbonyl (C=O) groups is 1.